The summed E-state index contributed by atoms with van der Waals surface area (Å²) in [6, 6.07) is 0.171. The van der Waals surface area contributed by atoms with Crippen LogP contribution in [-0.2, 0) is 4.79 Å². The number of amides is 1. The van der Waals surface area contributed by atoms with Crippen LogP contribution in [0.5, 0.6) is 0 Å². The number of carbonyl (C=O) groups is 1. The van der Waals surface area contributed by atoms with Crippen molar-refractivity contribution < 1.29 is 4.79 Å². The van der Waals surface area contributed by atoms with Crippen LogP contribution in [0.15, 0.2) is 72.9 Å². The van der Waals surface area contributed by atoms with Crippen LogP contribution in [0, 0.1) is 0 Å². The summed E-state index contributed by atoms with van der Waals surface area (Å²) in [5.74, 6) is 0.234. The third-order valence-corrected chi connectivity index (χ3v) is 4.70. The highest BCUT2D eigenvalue weighted by molar-refractivity contribution is 5.76. The Morgan fingerprint density at radius 1 is 0.793 bits per heavy atom. The molecule has 3 nitrogen and oxygen atoms in total. The van der Waals surface area contributed by atoms with Gasteiger partial charge in [-0.05, 0) is 51.4 Å². The minimum atomic E-state index is 0.171. The van der Waals surface area contributed by atoms with E-state index in [1.54, 1.807) is 0 Å². The van der Waals surface area contributed by atoms with Crippen molar-refractivity contribution in [2.24, 2.45) is 5.73 Å². The van der Waals surface area contributed by atoms with Crippen molar-refractivity contribution in [1.82, 2.24) is 4.90 Å². The van der Waals surface area contributed by atoms with Gasteiger partial charge in [-0.25, -0.2) is 0 Å². The van der Waals surface area contributed by atoms with Crippen molar-refractivity contribution in [3.63, 3.8) is 0 Å². The van der Waals surface area contributed by atoms with Gasteiger partial charge in [0.2, 0.25) is 5.91 Å². The standard InChI is InChI=1S/C26H40N2O/c1-2-3-4-5-6-7-8-9-10-11-12-13-14-15-16-17-18-19-20-21-26(29)28-23-22-25(27)24-28/h3-4,6-7,9-10,12-13,15-16,18-19,25H,2,5,8,11,14,17,20-24,27H2,1H3/t25-/m0/s1. The maximum Gasteiger partial charge on any atom is 0.222 e. The van der Waals surface area contributed by atoms with E-state index in [1.165, 1.54) is 0 Å². The van der Waals surface area contributed by atoms with E-state index in [2.05, 4.69) is 79.8 Å². The molecule has 3 heteroatoms. The van der Waals surface area contributed by atoms with Crippen molar-refractivity contribution in [1.29, 1.82) is 0 Å². The highest BCUT2D eigenvalue weighted by Crippen LogP contribution is 2.09. The van der Waals surface area contributed by atoms with Gasteiger partial charge in [0.15, 0.2) is 0 Å². The second kappa shape index (κ2) is 17.9. The SMILES string of the molecule is CCC=CCC=CCC=CCC=CCC=CCC=CCCC(=O)N1CC[C@H](N)C1. The van der Waals surface area contributed by atoms with Crippen LogP contribution in [0.1, 0.15) is 64.7 Å². The monoisotopic (exact) mass is 396 g/mol. The molecule has 0 aromatic heterocycles. The van der Waals surface area contributed by atoms with E-state index in [4.69, 9.17) is 5.73 Å². The average Bonchev–Trinajstić information content (AvgIpc) is 3.16. The Balaban J connectivity index is 1.96. The van der Waals surface area contributed by atoms with E-state index in [9.17, 15) is 4.79 Å². The van der Waals surface area contributed by atoms with Gasteiger partial charge in [0.1, 0.15) is 0 Å². The molecule has 29 heavy (non-hydrogen) atoms. The minimum absolute atomic E-state index is 0.171. The molecule has 160 valence electrons. The Morgan fingerprint density at radius 3 is 1.66 bits per heavy atom. The summed E-state index contributed by atoms with van der Waals surface area (Å²) in [7, 11) is 0. The molecule has 0 aromatic carbocycles. The summed E-state index contributed by atoms with van der Waals surface area (Å²) in [4.78, 5) is 13.9. The van der Waals surface area contributed by atoms with Crippen molar-refractivity contribution in [2.75, 3.05) is 13.1 Å². The Morgan fingerprint density at radius 2 is 1.24 bits per heavy atom. The summed E-state index contributed by atoms with van der Waals surface area (Å²) in [5, 5.41) is 0. The van der Waals surface area contributed by atoms with Crippen molar-refractivity contribution in [3.8, 4) is 0 Å². The lowest BCUT2D eigenvalue weighted by Crippen LogP contribution is -2.31. The first kappa shape index (κ1) is 24.9. The van der Waals surface area contributed by atoms with E-state index >= 15 is 0 Å². The van der Waals surface area contributed by atoms with Crippen LogP contribution in [0.25, 0.3) is 0 Å². The predicted molar refractivity (Wildman–Crippen MR) is 127 cm³/mol. The zero-order valence-electron chi connectivity index (χ0n) is 18.2. The predicted octanol–water partition coefficient (Wildman–Crippen LogP) is 6.02. The lowest BCUT2D eigenvalue weighted by atomic mass is 10.2. The van der Waals surface area contributed by atoms with Gasteiger partial charge in [0, 0.05) is 25.6 Å². The molecule has 1 rings (SSSR count). The average molecular weight is 397 g/mol. The fourth-order valence-corrected chi connectivity index (χ4v) is 3.02. The smallest absolute Gasteiger partial charge is 0.222 e. The fraction of sp³-hybridized carbons (Fsp3) is 0.500. The van der Waals surface area contributed by atoms with Gasteiger partial charge < -0.3 is 10.6 Å². The van der Waals surface area contributed by atoms with Crippen molar-refractivity contribution >= 4 is 5.91 Å². The highest BCUT2D eigenvalue weighted by atomic mass is 16.2. The van der Waals surface area contributed by atoms with Gasteiger partial charge in [-0.1, -0.05) is 79.8 Å². The third kappa shape index (κ3) is 14.5. The number of hydrogen-bond donors (Lipinski definition) is 1. The fourth-order valence-electron chi connectivity index (χ4n) is 3.02. The first-order chi connectivity index (χ1) is 14.2. The molecule has 1 amide bonds. The number of likely N-dealkylation sites (tertiary alicyclic amines) is 1. The van der Waals surface area contributed by atoms with Gasteiger partial charge in [0.25, 0.3) is 0 Å². The highest BCUT2D eigenvalue weighted by Gasteiger charge is 2.22. The number of nitrogens with two attached hydrogens (primary N) is 1. The molecule has 1 aliphatic heterocycles. The van der Waals surface area contributed by atoms with Crippen LogP contribution in [-0.4, -0.2) is 29.9 Å². The molecular weight excluding hydrogens is 356 g/mol. The number of hydrogen-bond acceptors (Lipinski definition) is 2. The Kier molecular flexibility index (Phi) is 15.4. The second-order valence-corrected chi connectivity index (χ2v) is 7.34. The summed E-state index contributed by atoms with van der Waals surface area (Å²) in [6.07, 6.45) is 34.7. The molecule has 1 heterocycles. The van der Waals surface area contributed by atoms with Crippen LogP contribution in [0.3, 0.4) is 0 Å². The van der Waals surface area contributed by atoms with Crippen molar-refractivity contribution in [3.05, 3.63) is 72.9 Å². The molecule has 0 aromatic rings. The summed E-state index contributed by atoms with van der Waals surface area (Å²) >= 11 is 0. The van der Waals surface area contributed by atoms with Gasteiger partial charge in [-0.15, -0.1) is 0 Å². The largest absolute Gasteiger partial charge is 0.341 e. The summed E-state index contributed by atoms with van der Waals surface area (Å²) in [5.41, 5.74) is 5.84. The molecule has 1 aliphatic rings. The first-order valence-electron chi connectivity index (χ1n) is 11.2. The Hall–Kier alpha value is -2.13. The first-order valence-corrected chi connectivity index (χ1v) is 11.2. The van der Waals surface area contributed by atoms with Gasteiger partial charge >= 0.3 is 0 Å². The maximum absolute atomic E-state index is 12.0. The quantitative estimate of drug-likeness (QED) is 0.365. The third-order valence-electron chi connectivity index (χ3n) is 4.70. The zero-order chi connectivity index (χ0) is 21.0. The van der Waals surface area contributed by atoms with Gasteiger partial charge in [0.05, 0.1) is 0 Å². The zero-order valence-corrected chi connectivity index (χ0v) is 18.2. The lowest BCUT2D eigenvalue weighted by Gasteiger charge is -2.14. The number of allylic oxidation sites excluding steroid dienone is 12. The van der Waals surface area contributed by atoms with Crippen LogP contribution in [0.4, 0.5) is 0 Å². The summed E-state index contributed by atoms with van der Waals surface area (Å²) in [6.45, 7) is 3.70. The van der Waals surface area contributed by atoms with Crippen LogP contribution < -0.4 is 5.73 Å². The molecule has 2 N–H and O–H groups in total. The van der Waals surface area contributed by atoms with Gasteiger partial charge in [-0.3, -0.25) is 4.79 Å². The molecular formula is C26H40N2O. The lowest BCUT2D eigenvalue weighted by molar-refractivity contribution is -0.130. The molecule has 0 radical (unpaired) electrons. The molecule has 0 unspecified atom stereocenters. The van der Waals surface area contributed by atoms with Crippen LogP contribution in [0.2, 0.25) is 0 Å². The molecule has 0 aliphatic carbocycles. The molecule has 1 atom stereocenters. The number of rotatable bonds is 14. The Labute approximate surface area is 178 Å². The van der Waals surface area contributed by atoms with Gasteiger partial charge in [-0.2, -0.15) is 0 Å². The van der Waals surface area contributed by atoms with E-state index in [0.29, 0.717) is 6.42 Å². The molecule has 1 saturated heterocycles. The van der Waals surface area contributed by atoms with E-state index in [1.807, 2.05) is 4.90 Å². The second-order valence-electron chi connectivity index (χ2n) is 7.34. The Bertz CT molecular complexity index is 596. The number of nitrogens with zero attached hydrogens (tertiary/aromatic N) is 1. The normalized spacial score (nSPS) is 18.3. The van der Waals surface area contributed by atoms with Crippen LogP contribution >= 0.6 is 0 Å². The maximum atomic E-state index is 12.0. The molecule has 1 fully saturated rings. The van der Waals surface area contributed by atoms with Crippen molar-refractivity contribution in [2.45, 2.75) is 70.8 Å². The molecule has 0 spiro atoms. The van der Waals surface area contributed by atoms with E-state index in [0.717, 1.165) is 64.5 Å². The minimum Gasteiger partial charge on any atom is -0.341 e. The number of carbonyl (C=O) groups excluding carboxylic acids is 1. The topological polar surface area (TPSA) is 46.3 Å². The van der Waals surface area contributed by atoms with E-state index < -0.39 is 0 Å². The summed E-state index contributed by atoms with van der Waals surface area (Å²) < 4.78 is 0. The van der Waals surface area contributed by atoms with E-state index in [-0.39, 0.29) is 11.9 Å². The molecule has 0 saturated carbocycles. The molecule has 0 bridgehead atoms.